The smallest absolute Gasteiger partial charge is 0.333 e. The van der Waals surface area contributed by atoms with Crippen molar-refractivity contribution in [1.82, 2.24) is 0 Å². The van der Waals surface area contributed by atoms with E-state index in [-0.39, 0.29) is 18.0 Å². The topological polar surface area (TPSA) is 72.8 Å². The molecular formula is C18H26O5. The number of carbonyl (C=O) groups is 2. The van der Waals surface area contributed by atoms with Crippen LogP contribution in [0.3, 0.4) is 0 Å². The Morgan fingerprint density at radius 2 is 1.87 bits per heavy atom. The van der Waals surface area contributed by atoms with Gasteiger partial charge in [0.2, 0.25) is 0 Å². The van der Waals surface area contributed by atoms with Crippen LogP contribution in [0.4, 0.5) is 0 Å². The molecule has 0 saturated heterocycles. The van der Waals surface area contributed by atoms with Gasteiger partial charge in [0.25, 0.3) is 0 Å². The summed E-state index contributed by atoms with van der Waals surface area (Å²) >= 11 is 0. The van der Waals surface area contributed by atoms with Gasteiger partial charge in [-0.2, -0.15) is 0 Å². The Morgan fingerprint density at radius 1 is 1.17 bits per heavy atom. The van der Waals surface area contributed by atoms with Crippen LogP contribution in [0.5, 0.6) is 0 Å². The maximum absolute atomic E-state index is 12.7. The molecule has 0 amide bonds. The molecule has 0 aliphatic heterocycles. The molecular weight excluding hydrogens is 296 g/mol. The van der Waals surface area contributed by atoms with Gasteiger partial charge in [0.05, 0.1) is 17.1 Å². The fourth-order valence-corrected chi connectivity index (χ4v) is 5.26. The van der Waals surface area contributed by atoms with Crippen molar-refractivity contribution in [2.24, 2.45) is 11.3 Å². The minimum absolute atomic E-state index is 0.189. The molecule has 4 atom stereocenters. The third-order valence-corrected chi connectivity index (χ3v) is 5.42. The fourth-order valence-electron chi connectivity index (χ4n) is 5.26. The predicted octanol–water partition coefficient (Wildman–Crippen LogP) is 2.51. The molecule has 128 valence electrons. The number of hydrogen-bond acceptors (Lipinski definition) is 5. The van der Waals surface area contributed by atoms with Crippen LogP contribution in [0.1, 0.15) is 59.3 Å². The fraction of sp³-hybridized carbons (Fsp3) is 0.778. The van der Waals surface area contributed by atoms with Crippen molar-refractivity contribution in [2.75, 3.05) is 0 Å². The number of rotatable bonds is 4. The SMILES string of the molecule is C=C(C)C(=O)OC12CC3CC(O)(C1)CC(C(=O)OC(C)C)(C3)C2. The molecule has 4 bridgehead atoms. The van der Waals surface area contributed by atoms with Crippen LogP contribution in [-0.2, 0) is 19.1 Å². The maximum atomic E-state index is 12.7. The molecule has 0 aromatic heterocycles. The molecule has 0 aromatic rings. The van der Waals surface area contributed by atoms with Gasteiger partial charge >= 0.3 is 11.9 Å². The molecule has 4 aliphatic rings. The first-order chi connectivity index (χ1) is 10.6. The summed E-state index contributed by atoms with van der Waals surface area (Å²) in [5.41, 5.74) is -2.09. The summed E-state index contributed by atoms with van der Waals surface area (Å²) in [6.45, 7) is 8.89. The highest BCUT2D eigenvalue weighted by Crippen LogP contribution is 2.64. The van der Waals surface area contributed by atoms with E-state index in [0.29, 0.717) is 44.1 Å². The number of carbonyl (C=O) groups excluding carboxylic acids is 2. The third kappa shape index (κ3) is 2.80. The molecule has 0 radical (unpaired) electrons. The van der Waals surface area contributed by atoms with Crippen LogP contribution in [0.25, 0.3) is 0 Å². The van der Waals surface area contributed by atoms with Gasteiger partial charge in [0, 0.05) is 18.4 Å². The van der Waals surface area contributed by atoms with Gasteiger partial charge in [0.15, 0.2) is 0 Å². The second kappa shape index (κ2) is 5.07. The molecule has 4 saturated carbocycles. The standard InChI is InChI=1S/C18H26O5/c1-11(2)14(19)23-18-7-13-5-16(9-18,15(20)22-12(3)4)8-17(21,6-13)10-18/h12-13,21H,1,5-10H2,2-4H3. The lowest BCUT2D eigenvalue weighted by Crippen LogP contribution is -2.66. The molecule has 4 rings (SSSR count). The van der Waals surface area contributed by atoms with Gasteiger partial charge in [-0.15, -0.1) is 0 Å². The van der Waals surface area contributed by atoms with Crippen LogP contribution >= 0.6 is 0 Å². The summed E-state index contributed by atoms with van der Waals surface area (Å²) in [5.74, 6) is -0.511. The summed E-state index contributed by atoms with van der Waals surface area (Å²) in [4.78, 5) is 24.8. The lowest BCUT2D eigenvalue weighted by atomic mass is 9.46. The quantitative estimate of drug-likeness (QED) is 0.636. The third-order valence-electron chi connectivity index (χ3n) is 5.42. The van der Waals surface area contributed by atoms with Crippen molar-refractivity contribution in [1.29, 1.82) is 0 Å². The van der Waals surface area contributed by atoms with E-state index < -0.39 is 22.6 Å². The average Bonchev–Trinajstić information content (AvgIpc) is 2.33. The van der Waals surface area contributed by atoms with Gasteiger partial charge in [-0.1, -0.05) is 6.58 Å². The average molecular weight is 322 g/mol. The Hall–Kier alpha value is -1.36. The van der Waals surface area contributed by atoms with E-state index >= 15 is 0 Å². The van der Waals surface area contributed by atoms with Gasteiger partial charge in [-0.05, 0) is 52.4 Å². The van der Waals surface area contributed by atoms with Crippen molar-refractivity contribution in [3.8, 4) is 0 Å². The minimum Gasteiger partial charge on any atom is -0.463 e. The molecule has 4 unspecified atom stereocenters. The van der Waals surface area contributed by atoms with E-state index in [1.807, 2.05) is 13.8 Å². The number of ether oxygens (including phenoxy) is 2. The van der Waals surface area contributed by atoms with Crippen molar-refractivity contribution in [3.63, 3.8) is 0 Å². The second-order valence-electron chi connectivity index (χ2n) is 8.32. The van der Waals surface area contributed by atoms with E-state index in [2.05, 4.69) is 6.58 Å². The van der Waals surface area contributed by atoms with Crippen molar-refractivity contribution in [2.45, 2.75) is 76.6 Å². The van der Waals surface area contributed by atoms with Crippen molar-refractivity contribution < 1.29 is 24.2 Å². The first kappa shape index (κ1) is 16.5. The Morgan fingerprint density at radius 3 is 2.43 bits per heavy atom. The van der Waals surface area contributed by atoms with Crippen LogP contribution in [0.15, 0.2) is 12.2 Å². The zero-order valence-corrected chi connectivity index (χ0v) is 14.2. The van der Waals surface area contributed by atoms with E-state index in [1.54, 1.807) is 6.92 Å². The molecule has 4 fully saturated rings. The highest BCUT2D eigenvalue weighted by atomic mass is 16.6. The molecule has 0 spiro atoms. The number of hydrogen-bond donors (Lipinski definition) is 1. The minimum atomic E-state index is -0.940. The molecule has 23 heavy (non-hydrogen) atoms. The zero-order chi connectivity index (χ0) is 17.0. The Bertz CT molecular complexity index is 568. The summed E-state index contributed by atoms with van der Waals surface area (Å²) in [7, 11) is 0. The summed E-state index contributed by atoms with van der Waals surface area (Å²) in [6.07, 6.45) is 3.18. The number of esters is 2. The maximum Gasteiger partial charge on any atom is 0.333 e. The second-order valence-corrected chi connectivity index (χ2v) is 8.32. The first-order valence-electron chi connectivity index (χ1n) is 8.39. The molecule has 1 N–H and O–H groups in total. The van der Waals surface area contributed by atoms with E-state index in [0.717, 1.165) is 0 Å². The van der Waals surface area contributed by atoms with Gasteiger partial charge in [-0.3, -0.25) is 4.79 Å². The van der Waals surface area contributed by atoms with Crippen LogP contribution in [0, 0.1) is 11.3 Å². The Labute approximate surface area is 137 Å². The van der Waals surface area contributed by atoms with Crippen LogP contribution < -0.4 is 0 Å². The monoisotopic (exact) mass is 322 g/mol. The molecule has 4 aliphatic carbocycles. The van der Waals surface area contributed by atoms with Crippen molar-refractivity contribution in [3.05, 3.63) is 12.2 Å². The highest BCUT2D eigenvalue weighted by molar-refractivity contribution is 5.87. The Kier molecular flexibility index (Phi) is 3.63. The first-order valence-corrected chi connectivity index (χ1v) is 8.39. The molecule has 5 heteroatoms. The lowest BCUT2D eigenvalue weighted by molar-refractivity contribution is -0.246. The van der Waals surface area contributed by atoms with Gasteiger partial charge in [-0.25, -0.2) is 4.79 Å². The molecule has 0 heterocycles. The van der Waals surface area contributed by atoms with Crippen LogP contribution in [-0.4, -0.2) is 34.4 Å². The number of aliphatic hydroxyl groups is 1. The summed E-state index contributed by atoms with van der Waals surface area (Å²) < 4.78 is 11.2. The van der Waals surface area contributed by atoms with E-state index in [4.69, 9.17) is 9.47 Å². The zero-order valence-electron chi connectivity index (χ0n) is 14.2. The predicted molar refractivity (Wildman–Crippen MR) is 83.4 cm³/mol. The van der Waals surface area contributed by atoms with E-state index in [1.165, 1.54) is 0 Å². The molecule has 0 aromatic carbocycles. The normalized spacial score (nSPS) is 41.0. The van der Waals surface area contributed by atoms with Crippen molar-refractivity contribution >= 4 is 11.9 Å². The molecule has 5 nitrogen and oxygen atoms in total. The summed E-state index contributed by atoms with van der Waals surface area (Å²) in [5, 5.41) is 10.9. The largest absolute Gasteiger partial charge is 0.463 e. The van der Waals surface area contributed by atoms with Crippen LogP contribution in [0.2, 0.25) is 0 Å². The Balaban J connectivity index is 1.91. The summed E-state index contributed by atoms with van der Waals surface area (Å²) in [6, 6.07) is 0. The van der Waals surface area contributed by atoms with E-state index in [9.17, 15) is 14.7 Å². The lowest BCUT2D eigenvalue weighted by Gasteiger charge is -2.62. The van der Waals surface area contributed by atoms with Gasteiger partial charge in [0.1, 0.15) is 5.60 Å². The van der Waals surface area contributed by atoms with Gasteiger partial charge < -0.3 is 14.6 Å². The highest BCUT2D eigenvalue weighted by Gasteiger charge is 2.67.